The molecule has 1 amide bonds. The molecular formula is C17H23NO6. The van der Waals surface area contributed by atoms with Crippen LogP contribution in [0.5, 0.6) is 0 Å². The largest absolute Gasteiger partial charge is 0.444 e. The van der Waals surface area contributed by atoms with Gasteiger partial charge in [-0.05, 0) is 26.3 Å². The third kappa shape index (κ3) is 4.11. The van der Waals surface area contributed by atoms with Crippen LogP contribution in [0.15, 0.2) is 30.3 Å². The third-order valence-electron chi connectivity index (χ3n) is 4.00. The van der Waals surface area contributed by atoms with Crippen molar-refractivity contribution in [1.29, 1.82) is 0 Å². The highest BCUT2D eigenvalue weighted by atomic mass is 16.6. The Balaban J connectivity index is 1.99. The maximum absolute atomic E-state index is 12.3. The highest BCUT2D eigenvalue weighted by Gasteiger charge is 2.47. The van der Waals surface area contributed by atoms with Crippen molar-refractivity contribution in [2.45, 2.75) is 51.4 Å². The molecule has 0 aliphatic carbocycles. The SMILES string of the molecule is CC(=O)[C@@H](O)[C@H](O)[C@@H]1CN(C(=O)OCc2ccccc2)C(C)(C)O1. The van der Waals surface area contributed by atoms with Gasteiger partial charge in [-0.1, -0.05) is 30.3 Å². The fraction of sp³-hybridized carbons (Fsp3) is 0.529. The van der Waals surface area contributed by atoms with Crippen LogP contribution in [0.25, 0.3) is 0 Å². The average molecular weight is 337 g/mol. The van der Waals surface area contributed by atoms with Crippen molar-refractivity contribution in [3.8, 4) is 0 Å². The molecule has 0 spiro atoms. The molecule has 0 unspecified atom stereocenters. The molecule has 7 nitrogen and oxygen atoms in total. The second-order valence-electron chi connectivity index (χ2n) is 6.30. The van der Waals surface area contributed by atoms with Gasteiger partial charge in [-0.3, -0.25) is 9.69 Å². The number of nitrogens with zero attached hydrogens (tertiary/aromatic N) is 1. The lowest BCUT2D eigenvalue weighted by atomic mass is 10.1. The van der Waals surface area contributed by atoms with Crippen LogP contribution in [0.2, 0.25) is 0 Å². The molecular weight excluding hydrogens is 314 g/mol. The fourth-order valence-corrected chi connectivity index (χ4v) is 2.58. The van der Waals surface area contributed by atoms with E-state index >= 15 is 0 Å². The van der Waals surface area contributed by atoms with Crippen molar-refractivity contribution < 1.29 is 29.3 Å². The molecule has 24 heavy (non-hydrogen) atoms. The highest BCUT2D eigenvalue weighted by molar-refractivity contribution is 5.80. The summed E-state index contributed by atoms with van der Waals surface area (Å²) in [5, 5.41) is 19.7. The van der Waals surface area contributed by atoms with E-state index in [2.05, 4.69) is 0 Å². The van der Waals surface area contributed by atoms with Gasteiger partial charge in [0.2, 0.25) is 0 Å². The number of benzene rings is 1. The number of rotatable bonds is 5. The number of hydrogen-bond donors (Lipinski definition) is 2. The molecule has 0 radical (unpaired) electrons. The molecule has 1 saturated heterocycles. The molecule has 2 N–H and O–H groups in total. The second-order valence-corrected chi connectivity index (χ2v) is 6.30. The molecule has 1 fully saturated rings. The summed E-state index contributed by atoms with van der Waals surface area (Å²) in [6.45, 7) is 4.63. The zero-order valence-corrected chi connectivity index (χ0v) is 14.0. The summed E-state index contributed by atoms with van der Waals surface area (Å²) in [5.74, 6) is -0.561. The van der Waals surface area contributed by atoms with Gasteiger partial charge < -0.3 is 19.7 Å². The van der Waals surface area contributed by atoms with Gasteiger partial charge in [-0.25, -0.2) is 4.79 Å². The van der Waals surface area contributed by atoms with E-state index in [1.807, 2.05) is 30.3 Å². The van der Waals surface area contributed by atoms with Crippen LogP contribution in [0, 0.1) is 0 Å². The summed E-state index contributed by atoms with van der Waals surface area (Å²) in [6, 6.07) is 9.25. The Morgan fingerprint density at radius 1 is 1.33 bits per heavy atom. The van der Waals surface area contributed by atoms with Crippen LogP contribution >= 0.6 is 0 Å². The lowest BCUT2D eigenvalue weighted by Crippen LogP contribution is -2.44. The Hall–Kier alpha value is -1.96. The Kier molecular flexibility index (Phi) is 5.58. The number of carbonyl (C=O) groups excluding carboxylic acids is 2. The van der Waals surface area contributed by atoms with E-state index in [4.69, 9.17) is 9.47 Å². The summed E-state index contributed by atoms with van der Waals surface area (Å²) in [7, 11) is 0. The zero-order chi connectivity index (χ0) is 17.9. The van der Waals surface area contributed by atoms with Gasteiger partial charge in [0.15, 0.2) is 5.78 Å². The first kappa shape index (κ1) is 18.4. The second kappa shape index (κ2) is 7.29. The van der Waals surface area contributed by atoms with Gasteiger partial charge in [0.1, 0.15) is 30.6 Å². The number of amides is 1. The number of hydrogen-bond acceptors (Lipinski definition) is 6. The van der Waals surface area contributed by atoms with Gasteiger partial charge >= 0.3 is 6.09 Å². The van der Waals surface area contributed by atoms with Crippen molar-refractivity contribution in [2.24, 2.45) is 0 Å². The number of aliphatic hydroxyl groups excluding tert-OH is 2. The summed E-state index contributed by atoms with van der Waals surface area (Å²) in [6.07, 6.45) is -4.42. The Bertz CT molecular complexity index is 588. The topological polar surface area (TPSA) is 96.3 Å². The van der Waals surface area contributed by atoms with Crippen LogP contribution in [-0.2, 0) is 20.9 Å². The van der Waals surface area contributed by atoms with E-state index in [9.17, 15) is 19.8 Å². The van der Waals surface area contributed by atoms with Gasteiger partial charge in [-0.15, -0.1) is 0 Å². The van der Waals surface area contributed by atoms with Crippen LogP contribution in [0.1, 0.15) is 26.3 Å². The van der Waals surface area contributed by atoms with Crippen LogP contribution in [0.4, 0.5) is 4.79 Å². The summed E-state index contributed by atoms with van der Waals surface area (Å²) < 4.78 is 10.9. The van der Waals surface area contributed by atoms with E-state index < -0.39 is 35.9 Å². The molecule has 2 rings (SSSR count). The van der Waals surface area contributed by atoms with Gasteiger partial charge in [0.05, 0.1) is 6.54 Å². The van der Waals surface area contributed by atoms with E-state index in [-0.39, 0.29) is 13.2 Å². The van der Waals surface area contributed by atoms with Crippen LogP contribution in [0.3, 0.4) is 0 Å². The van der Waals surface area contributed by atoms with Gasteiger partial charge in [0, 0.05) is 0 Å². The van der Waals surface area contributed by atoms with Crippen molar-refractivity contribution in [2.75, 3.05) is 6.54 Å². The number of ketones is 1. The summed E-state index contributed by atoms with van der Waals surface area (Å²) in [4.78, 5) is 24.9. The smallest absolute Gasteiger partial charge is 0.412 e. The van der Waals surface area contributed by atoms with Gasteiger partial charge in [0.25, 0.3) is 0 Å². The maximum Gasteiger partial charge on any atom is 0.412 e. The minimum absolute atomic E-state index is 0.0200. The normalized spacial score (nSPS) is 22.0. The molecule has 1 aromatic carbocycles. The van der Waals surface area contributed by atoms with E-state index in [0.29, 0.717) is 0 Å². The van der Waals surface area contributed by atoms with Crippen molar-refractivity contribution in [3.05, 3.63) is 35.9 Å². The molecule has 0 aromatic heterocycles. The molecule has 1 aliphatic rings. The fourth-order valence-electron chi connectivity index (χ4n) is 2.58. The van der Waals surface area contributed by atoms with Crippen LogP contribution in [-0.4, -0.2) is 57.6 Å². The molecule has 0 saturated carbocycles. The third-order valence-corrected chi connectivity index (χ3v) is 4.00. The van der Waals surface area contributed by atoms with E-state index in [1.54, 1.807) is 13.8 Å². The first-order valence-corrected chi connectivity index (χ1v) is 7.75. The van der Waals surface area contributed by atoms with Crippen LogP contribution < -0.4 is 0 Å². The first-order chi connectivity index (χ1) is 11.2. The van der Waals surface area contributed by atoms with Crippen molar-refractivity contribution >= 4 is 11.9 Å². The van der Waals surface area contributed by atoms with Crippen molar-refractivity contribution in [1.82, 2.24) is 4.90 Å². The quantitative estimate of drug-likeness (QED) is 0.834. The zero-order valence-electron chi connectivity index (χ0n) is 14.0. The van der Waals surface area contributed by atoms with Crippen molar-refractivity contribution in [3.63, 3.8) is 0 Å². The number of Topliss-reactive ketones (excluding diaryl/α,β-unsaturated/α-hetero) is 1. The van der Waals surface area contributed by atoms with E-state index in [1.165, 1.54) is 11.8 Å². The Morgan fingerprint density at radius 2 is 1.96 bits per heavy atom. The molecule has 1 aliphatic heterocycles. The number of carbonyl (C=O) groups is 2. The molecule has 0 bridgehead atoms. The molecule has 1 heterocycles. The number of aliphatic hydroxyl groups is 2. The molecule has 3 atom stereocenters. The molecule has 7 heteroatoms. The van der Waals surface area contributed by atoms with E-state index in [0.717, 1.165) is 5.56 Å². The monoisotopic (exact) mass is 337 g/mol. The predicted molar refractivity (Wildman–Crippen MR) is 85.0 cm³/mol. The average Bonchev–Trinajstić information content (AvgIpc) is 2.87. The molecule has 132 valence electrons. The minimum Gasteiger partial charge on any atom is -0.444 e. The van der Waals surface area contributed by atoms with Gasteiger partial charge in [-0.2, -0.15) is 0 Å². The predicted octanol–water partition coefficient (Wildman–Crippen LogP) is 1.07. The first-order valence-electron chi connectivity index (χ1n) is 7.75. The summed E-state index contributed by atoms with van der Waals surface area (Å²) >= 11 is 0. The number of ether oxygens (including phenoxy) is 2. The lowest BCUT2D eigenvalue weighted by Gasteiger charge is -2.29. The Morgan fingerprint density at radius 3 is 2.54 bits per heavy atom. The maximum atomic E-state index is 12.3. The highest BCUT2D eigenvalue weighted by Crippen LogP contribution is 2.30. The Labute approximate surface area is 140 Å². The standard InChI is InChI=1S/C17H23NO6/c1-11(19)14(20)15(21)13-9-18(17(2,3)24-13)16(22)23-10-12-7-5-4-6-8-12/h4-8,13-15,20-21H,9-10H2,1-3H3/t13-,14+,15+/m0/s1. The minimum atomic E-state index is -1.55. The summed E-state index contributed by atoms with van der Waals surface area (Å²) in [5.41, 5.74) is -0.164. The lowest BCUT2D eigenvalue weighted by molar-refractivity contribution is -0.145. The molecule has 1 aromatic rings.